The fourth-order valence-electron chi connectivity index (χ4n) is 3.32. The van der Waals surface area contributed by atoms with Crippen molar-refractivity contribution in [2.24, 2.45) is 7.05 Å². The first-order valence-corrected chi connectivity index (χ1v) is 8.90. The molecule has 0 aliphatic carbocycles. The molecular formula is C17H29N5O5. The van der Waals surface area contributed by atoms with Gasteiger partial charge in [-0.15, -0.1) is 0 Å². The summed E-state index contributed by atoms with van der Waals surface area (Å²) in [5.74, 6) is 0.432. The van der Waals surface area contributed by atoms with E-state index in [9.17, 15) is 14.9 Å². The number of hydrogen-bond acceptors (Lipinski definition) is 7. The monoisotopic (exact) mass is 383 g/mol. The lowest BCUT2D eigenvalue weighted by Gasteiger charge is -2.33. The van der Waals surface area contributed by atoms with Gasteiger partial charge in [0.1, 0.15) is 11.8 Å². The standard InChI is InChI=1S/C17H29N5O5/c1-16(2,3)27-15(23)19-12-7-8-21(11-17(4,9-12)26-6)14-13(22(24)25)10-18-20(14)5/h10,12H,7-9,11H2,1-6H3,(H,19,23)/t12-,17+/m1/s1. The second-order valence-corrected chi connectivity index (χ2v) is 8.15. The van der Waals surface area contributed by atoms with Crippen LogP contribution >= 0.6 is 0 Å². The number of alkyl carbamates (subject to hydrolysis) is 1. The number of anilines is 1. The van der Waals surface area contributed by atoms with Crippen molar-refractivity contribution in [3.05, 3.63) is 16.3 Å². The van der Waals surface area contributed by atoms with Crippen molar-refractivity contribution in [1.29, 1.82) is 0 Å². The van der Waals surface area contributed by atoms with Crippen LogP contribution in [-0.4, -0.2) is 58.2 Å². The molecule has 0 bridgehead atoms. The first kappa shape index (κ1) is 20.9. The molecule has 27 heavy (non-hydrogen) atoms. The number of hydrogen-bond donors (Lipinski definition) is 1. The van der Waals surface area contributed by atoms with Gasteiger partial charge in [0.05, 0.1) is 10.5 Å². The smallest absolute Gasteiger partial charge is 0.407 e. The first-order valence-electron chi connectivity index (χ1n) is 8.90. The number of methoxy groups -OCH3 is 1. The highest BCUT2D eigenvalue weighted by Crippen LogP contribution is 2.32. The molecule has 1 saturated heterocycles. The summed E-state index contributed by atoms with van der Waals surface area (Å²) >= 11 is 0. The third-order valence-corrected chi connectivity index (χ3v) is 4.55. The molecule has 1 amide bonds. The molecule has 0 unspecified atom stereocenters. The molecule has 2 rings (SSSR count). The number of aryl methyl sites for hydroxylation is 1. The maximum atomic E-state index is 12.2. The van der Waals surface area contributed by atoms with Crippen LogP contribution in [0.15, 0.2) is 6.20 Å². The summed E-state index contributed by atoms with van der Waals surface area (Å²) in [4.78, 5) is 25.0. The van der Waals surface area contributed by atoms with Gasteiger partial charge in [-0.05, 0) is 40.5 Å². The predicted octanol–water partition coefficient (Wildman–Crippen LogP) is 2.23. The van der Waals surface area contributed by atoms with Crippen LogP contribution in [0, 0.1) is 10.1 Å². The molecule has 10 heteroatoms. The minimum Gasteiger partial charge on any atom is -0.444 e. The van der Waals surface area contributed by atoms with Gasteiger partial charge >= 0.3 is 11.8 Å². The first-order chi connectivity index (χ1) is 12.4. The van der Waals surface area contributed by atoms with Crippen LogP contribution in [-0.2, 0) is 16.5 Å². The van der Waals surface area contributed by atoms with Gasteiger partial charge in [-0.3, -0.25) is 10.1 Å². The Bertz CT molecular complexity index is 698. The van der Waals surface area contributed by atoms with Crippen LogP contribution in [0.4, 0.5) is 16.3 Å². The van der Waals surface area contributed by atoms with E-state index in [1.807, 2.05) is 32.6 Å². The summed E-state index contributed by atoms with van der Waals surface area (Å²) in [6.07, 6.45) is 1.93. The summed E-state index contributed by atoms with van der Waals surface area (Å²) in [7, 11) is 3.28. The van der Waals surface area contributed by atoms with Gasteiger partial charge in [0.2, 0.25) is 5.82 Å². The molecule has 1 fully saturated rings. The zero-order chi connectivity index (χ0) is 20.4. The lowest BCUT2D eigenvalue weighted by atomic mass is 9.96. The average molecular weight is 383 g/mol. The number of aromatic nitrogens is 2. The quantitative estimate of drug-likeness (QED) is 0.627. The van der Waals surface area contributed by atoms with E-state index in [0.29, 0.717) is 31.7 Å². The van der Waals surface area contributed by atoms with E-state index < -0.39 is 22.2 Å². The Labute approximate surface area is 158 Å². The van der Waals surface area contributed by atoms with Gasteiger partial charge in [-0.25, -0.2) is 9.48 Å². The Morgan fingerprint density at radius 1 is 1.48 bits per heavy atom. The molecule has 10 nitrogen and oxygen atoms in total. The third-order valence-electron chi connectivity index (χ3n) is 4.55. The van der Waals surface area contributed by atoms with E-state index in [-0.39, 0.29) is 11.7 Å². The number of ether oxygens (including phenoxy) is 2. The van der Waals surface area contributed by atoms with Gasteiger partial charge in [-0.1, -0.05) is 0 Å². The van der Waals surface area contributed by atoms with Crippen LogP contribution in [0.25, 0.3) is 0 Å². The van der Waals surface area contributed by atoms with E-state index in [4.69, 9.17) is 9.47 Å². The Kier molecular flexibility index (Phi) is 5.98. The molecule has 1 aromatic heterocycles. The molecule has 0 aromatic carbocycles. The van der Waals surface area contributed by atoms with Gasteiger partial charge in [0.15, 0.2) is 0 Å². The second kappa shape index (κ2) is 7.71. The Morgan fingerprint density at radius 2 is 2.15 bits per heavy atom. The molecule has 1 aliphatic rings. The maximum absolute atomic E-state index is 12.2. The number of carbonyl (C=O) groups is 1. The summed E-state index contributed by atoms with van der Waals surface area (Å²) < 4.78 is 12.5. The summed E-state index contributed by atoms with van der Waals surface area (Å²) in [5.41, 5.74) is -1.23. The molecular weight excluding hydrogens is 354 g/mol. The minimum atomic E-state index is -0.603. The summed E-state index contributed by atoms with van der Waals surface area (Å²) in [6, 6.07) is -0.179. The van der Waals surface area contributed by atoms with E-state index in [1.165, 1.54) is 10.9 Å². The summed E-state index contributed by atoms with van der Waals surface area (Å²) in [5, 5.41) is 18.3. The lowest BCUT2D eigenvalue weighted by molar-refractivity contribution is -0.384. The number of nitrogens with zero attached hydrogens (tertiary/aromatic N) is 4. The van der Waals surface area contributed by atoms with Crippen molar-refractivity contribution in [2.45, 2.75) is 57.8 Å². The van der Waals surface area contributed by atoms with Gasteiger partial charge < -0.3 is 19.7 Å². The summed E-state index contributed by atoms with van der Waals surface area (Å²) in [6.45, 7) is 8.31. The SMILES string of the molecule is CO[C@@]1(C)C[C@H](NC(=O)OC(C)(C)C)CCN(c2c([N+](=O)[O-])cnn2C)C1. The van der Waals surface area contributed by atoms with Crippen LogP contribution < -0.4 is 10.2 Å². The number of nitro groups is 1. The van der Waals surface area contributed by atoms with Crippen molar-refractivity contribution < 1.29 is 19.2 Å². The highest BCUT2D eigenvalue weighted by Gasteiger charge is 2.38. The van der Waals surface area contributed by atoms with Crippen molar-refractivity contribution in [2.75, 3.05) is 25.1 Å². The molecule has 0 spiro atoms. The second-order valence-electron chi connectivity index (χ2n) is 8.15. The van der Waals surface area contributed by atoms with Crippen molar-refractivity contribution in [3.63, 3.8) is 0 Å². The number of carbonyl (C=O) groups excluding carboxylic acids is 1. The largest absolute Gasteiger partial charge is 0.444 e. The molecule has 2 heterocycles. The van der Waals surface area contributed by atoms with Crippen molar-refractivity contribution in [3.8, 4) is 0 Å². The Balaban J connectivity index is 2.21. The molecule has 1 aliphatic heterocycles. The van der Waals surface area contributed by atoms with Crippen molar-refractivity contribution >= 4 is 17.6 Å². The maximum Gasteiger partial charge on any atom is 0.407 e. The Hall–Kier alpha value is -2.36. The predicted molar refractivity (Wildman–Crippen MR) is 99.9 cm³/mol. The van der Waals surface area contributed by atoms with E-state index in [2.05, 4.69) is 10.4 Å². The van der Waals surface area contributed by atoms with Crippen LogP contribution in [0.5, 0.6) is 0 Å². The number of rotatable bonds is 4. The topological polar surface area (TPSA) is 112 Å². The average Bonchev–Trinajstić information content (AvgIpc) is 2.83. The fraction of sp³-hybridized carbons (Fsp3) is 0.765. The third kappa shape index (κ3) is 5.31. The molecule has 2 atom stereocenters. The molecule has 1 N–H and O–H groups in total. The van der Waals surface area contributed by atoms with E-state index >= 15 is 0 Å². The molecule has 0 saturated carbocycles. The number of amides is 1. The molecule has 0 radical (unpaired) electrons. The normalized spacial score (nSPS) is 23.6. The van der Waals surface area contributed by atoms with Crippen LogP contribution in [0.2, 0.25) is 0 Å². The zero-order valence-electron chi connectivity index (χ0n) is 16.8. The minimum absolute atomic E-state index is 0.0468. The van der Waals surface area contributed by atoms with Gasteiger partial charge in [0.25, 0.3) is 0 Å². The number of nitrogens with one attached hydrogen (secondary N) is 1. The molecule has 1 aromatic rings. The van der Waals surface area contributed by atoms with Crippen molar-refractivity contribution in [1.82, 2.24) is 15.1 Å². The lowest BCUT2D eigenvalue weighted by Crippen LogP contribution is -2.45. The molecule has 152 valence electrons. The fourth-order valence-corrected chi connectivity index (χ4v) is 3.32. The highest BCUT2D eigenvalue weighted by molar-refractivity contribution is 5.68. The van der Waals surface area contributed by atoms with Crippen LogP contribution in [0.1, 0.15) is 40.5 Å². The zero-order valence-corrected chi connectivity index (χ0v) is 16.8. The van der Waals surface area contributed by atoms with E-state index in [1.54, 1.807) is 14.2 Å². The van der Waals surface area contributed by atoms with E-state index in [0.717, 1.165) is 0 Å². The Morgan fingerprint density at radius 3 is 2.70 bits per heavy atom. The van der Waals surface area contributed by atoms with Gasteiger partial charge in [-0.2, -0.15) is 5.10 Å². The van der Waals surface area contributed by atoms with Crippen LogP contribution in [0.3, 0.4) is 0 Å². The van der Waals surface area contributed by atoms with Gasteiger partial charge in [0, 0.05) is 33.3 Å². The highest BCUT2D eigenvalue weighted by atomic mass is 16.6.